The molecule has 5 nitrogen and oxygen atoms in total. The molecule has 1 heterocycles. The predicted molar refractivity (Wildman–Crippen MR) is 86.2 cm³/mol. The molecule has 0 saturated carbocycles. The fraction of sp³-hybridized carbons (Fsp3) is 0.600. The van der Waals surface area contributed by atoms with E-state index in [0.717, 1.165) is 25.2 Å². The zero-order valence-electron chi connectivity index (χ0n) is 12.8. The summed E-state index contributed by atoms with van der Waals surface area (Å²) in [6.45, 7) is 2.06. The van der Waals surface area contributed by atoms with Crippen molar-refractivity contribution in [2.75, 3.05) is 32.1 Å². The second-order valence-corrected chi connectivity index (χ2v) is 7.32. The van der Waals surface area contributed by atoms with Crippen LogP contribution in [0.25, 0.3) is 0 Å². The molecule has 1 unspecified atom stereocenters. The minimum Gasteiger partial charge on any atom is -0.369 e. The summed E-state index contributed by atoms with van der Waals surface area (Å²) in [4.78, 5) is 2.73. The van der Waals surface area contributed by atoms with Crippen LogP contribution >= 0.6 is 0 Å². The van der Waals surface area contributed by atoms with Gasteiger partial charge < -0.3 is 10.2 Å². The fourth-order valence-electron chi connectivity index (χ4n) is 2.89. The zero-order valence-corrected chi connectivity index (χ0v) is 13.6. The van der Waals surface area contributed by atoms with Crippen molar-refractivity contribution in [1.29, 1.82) is 0 Å². The molecule has 2 rings (SSSR count). The largest absolute Gasteiger partial charge is 0.369 e. The van der Waals surface area contributed by atoms with Gasteiger partial charge in [0, 0.05) is 18.3 Å². The molecule has 1 fully saturated rings. The summed E-state index contributed by atoms with van der Waals surface area (Å²) < 4.78 is 25.9. The monoisotopic (exact) mass is 311 g/mol. The van der Waals surface area contributed by atoms with Gasteiger partial charge in [-0.15, -0.1) is 0 Å². The van der Waals surface area contributed by atoms with Gasteiger partial charge in [0.2, 0.25) is 10.0 Å². The van der Waals surface area contributed by atoms with E-state index >= 15 is 0 Å². The summed E-state index contributed by atoms with van der Waals surface area (Å²) >= 11 is 0. The Morgan fingerprint density at radius 3 is 2.52 bits per heavy atom. The highest BCUT2D eigenvalue weighted by Crippen LogP contribution is 2.27. The molecule has 0 bridgehead atoms. The smallest absolute Gasteiger partial charge is 0.240 e. The normalized spacial score (nSPS) is 19.7. The molecule has 21 heavy (non-hydrogen) atoms. The van der Waals surface area contributed by atoms with Gasteiger partial charge >= 0.3 is 0 Å². The van der Waals surface area contributed by atoms with Gasteiger partial charge in [0.15, 0.2) is 0 Å². The molecule has 1 saturated heterocycles. The van der Waals surface area contributed by atoms with Gasteiger partial charge in [-0.2, -0.15) is 0 Å². The van der Waals surface area contributed by atoms with Crippen LogP contribution in [0, 0.1) is 0 Å². The van der Waals surface area contributed by atoms with Gasteiger partial charge in [-0.25, -0.2) is 13.1 Å². The van der Waals surface area contributed by atoms with Crippen molar-refractivity contribution in [1.82, 2.24) is 10.0 Å². The molecule has 1 aliphatic rings. The highest BCUT2D eigenvalue weighted by Gasteiger charge is 2.22. The van der Waals surface area contributed by atoms with E-state index in [2.05, 4.69) is 14.9 Å². The van der Waals surface area contributed by atoms with Crippen LogP contribution in [-0.2, 0) is 10.0 Å². The van der Waals surface area contributed by atoms with E-state index < -0.39 is 10.0 Å². The lowest BCUT2D eigenvalue weighted by Gasteiger charge is -2.37. The van der Waals surface area contributed by atoms with E-state index in [4.69, 9.17) is 0 Å². The summed E-state index contributed by atoms with van der Waals surface area (Å²) in [6.07, 6.45) is 4.80. The summed E-state index contributed by atoms with van der Waals surface area (Å²) in [5.41, 5.74) is 1.12. The summed E-state index contributed by atoms with van der Waals surface area (Å²) in [7, 11) is 0.0571. The van der Waals surface area contributed by atoms with Crippen molar-refractivity contribution in [2.45, 2.75) is 36.6 Å². The average Bonchev–Trinajstić information content (AvgIpc) is 2.53. The molecule has 118 valence electrons. The Morgan fingerprint density at radius 1 is 1.19 bits per heavy atom. The molecule has 1 aliphatic heterocycles. The van der Waals surface area contributed by atoms with Gasteiger partial charge in [0.25, 0.3) is 0 Å². The number of piperidine rings is 1. The molecule has 6 heteroatoms. The fourth-order valence-corrected chi connectivity index (χ4v) is 3.62. The topological polar surface area (TPSA) is 61.4 Å². The quantitative estimate of drug-likeness (QED) is 0.837. The molecule has 1 aromatic carbocycles. The molecule has 0 spiro atoms. The highest BCUT2D eigenvalue weighted by molar-refractivity contribution is 7.89. The lowest BCUT2D eigenvalue weighted by Crippen LogP contribution is -2.41. The number of hydrogen-bond acceptors (Lipinski definition) is 4. The van der Waals surface area contributed by atoms with Crippen LogP contribution in [0.4, 0.5) is 5.69 Å². The Balaban J connectivity index is 2.16. The van der Waals surface area contributed by atoms with Gasteiger partial charge in [0.1, 0.15) is 0 Å². The Kier molecular flexibility index (Phi) is 5.61. The Hall–Kier alpha value is -1.11. The van der Waals surface area contributed by atoms with E-state index in [1.54, 1.807) is 12.1 Å². The first-order chi connectivity index (χ1) is 10.1. The van der Waals surface area contributed by atoms with Gasteiger partial charge in [0.05, 0.1) is 4.90 Å². The third kappa shape index (κ3) is 3.96. The number of hydrogen-bond donors (Lipinski definition) is 2. The Morgan fingerprint density at radius 2 is 1.90 bits per heavy atom. The standard InChI is InChI=1S/C15H25N3O2S/c1-16-11-10-13-5-3-4-12-18(13)14-6-8-15(9-7-14)21(19,20)17-2/h6-9,13,16-17H,3-5,10-12H2,1-2H3. The van der Waals surface area contributed by atoms with Crippen molar-refractivity contribution in [2.24, 2.45) is 0 Å². The van der Waals surface area contributed by atoms with E-state index in [9.17, 15) is 8.42 Å². The van der Waals surface area contributed by atoms with E-state index in [-0.39, 0.29) is 0 Å². The molecule has 1 atom stereocenters. The van der Waals surface area contributed by atoms with Gasteiger partial charge in [-0.05, 0) is 70.6 Å². The number of benzene rings is 1. The predicted octanol–water partition coefficient (Wildman–Crippen LogP) is 1.56. The maximum atomic E-state index is 11.8. The third-order valence-corrected chi connectivity index (χ3v) is 5.53. The van der Waals surface area contributed by atoms with Crippen molar-refractivity contribution < 1.29 is 8.42 Å². The molecular formula is C15H25N3O2S. The van der Waals surface area contributed by atoms with Gasteiger partial charge in [-0.3, -0.25) is 0 Å². The van der Waals surface area contributed by atoms with Crippen molar-refractivity contribution in [3.05, 3.63) is 24.3 Å². The van der Waals surface area contributed by atoms with Crippen molar-refractivity contribution >= 4 is 15.7 Å². The number of nitrogens with one attached hydrogen (secondary N) is 2. The Labute approximate surface area is 127 Å². The maximum Gasteiger partial charge on any atom is 0.240 e. The molecule has 0 aliphatic carbocycles. The number of rotatable bonds is 6. The molecule has 0 amide bonds. The first-order valence-corrected chi connectivity index (χ1v) is 9.01. The molecule has 2 N–H and O–H groups in total. The summed E-state index contributed by atoms with van der Waals surface area (Å²) in [6, 6.07) is 7.75. The maximum absolute atomic E-state index is 11.8. The van der Waals surface area contributed by atoms with Crippen LogP contribution in [0.2, 0.25) is 0 Å². The van der Waals surface area contributed by atoms with Crippen LogP contribution in [0.3, 0.4) is 0 Å². The molecule has 0 aromatic heterocycles. The van der Waals surface area contributed by atoms with E-state index in [1.165, 1.54) is 26.3 Å². The number of nitrogens with zero attached hydrogens (tertiary/aromatic N) is 1. The second kappa shape index (κ2) is 7.24. The van der Waals surface area contributed by atoms with Crippen molar-refractivity contribution in [3.63, 3.8) is 0 Å². The van der Waals surface area contributed by atoms with Crippen LogP contribution in [0.15, 0.2) is 29.2 Å². The Bertz CT molecular complexity index is 543. The van der Waals surface area contributed by atoms with Crippen LogP contribution in [0.5, 0.6) is 0 Å². The minimum absolute atomic E-state index is 0.317. The van der Waals surface area contributed by atoms with Crippen LogP contribution in [-0.4, -0.2) is 41.6 Å². The average molecular weight is 311 g/mol. The SMILES string of the molecule is CNCCC1CCCCN1c1ccc(S(=O)(=O)NC)cc1. The lowest BCUT2D eigenvalue weighted by molar-refractivity contribution is 0.433. The number of anilines is 1. The van der Waals surface area contributed by atoms with Crippen LogP contribution in [0.1, 0.15) is 25.7 Å². The first-order valence-electron chi connectivity index (χ1n) is 7.53. The summed E-state index contributed by atoms with van der Waals surface area (Å²) in [5, 5.41) is 3.21. The van der Waals surface area contributed by atoms with Crippen molar-refractivity contribution in [3.8, 4) is 0 Å². The highest BCUT2D eigenvalue weighted by atomic mass is 32.2. The third-order valence-electron chi connectivity index (χ3n) is 4.10. The minimum atomic E-state index is -3.35. The number of sulfonamides is 1. The van der Waals surface area contributed by atoms with E-state index in [1.807, 2.05) is 19.2 Å². The lowest BCUT2D eigenvalue weighted by atomic mass is 9.98. The van der Waals surface area contributed by atoms with Crippen LogP contribution < -0.4 is 14.9 Å². The zero-order chi connectivity index (χ0) is 15.3. The molecule has 0 radical (unpaired) electrons. The van der Waals surface area contributed by atoms with E-state index in [0.29, 0.717) is 10.9 Å². The second-order valence-electron chi connectivity index (χ2n) is 5.44. The molecule has 1 aromatic rings. The molecular weight excluding hydrogens is 286 g/mol. The summed E-state index contributed by atoms with van der Waals surface area (Å²) in [5.74, 6) is 0. The first kappa shape index (κ1) is 16.3. The van der Waals surface area contributed by atoms with Gasteiger partial charge in [-0.1, -0.05) is 0 Å².